The number of nitrogens with zero attached hydrogens (tertiary/aromatic N) is 1. The summed E-state index contributed by atoms with van der Waals surface area (Å²) in [6.45, 7) is 3.56. The first kappa shape index (κ1) is 22.5. The first-order chi connectivity index (χ1) is 14.5. The molecule has 0 saturated heterocycles. The van der Waals surface area contributed by atoms with Gasteiger partial charge in [-0.1, -0.05) is 18.2 Å². The second-order valence-electron chi connectivity index (χ2n) is 7.67. The van der Waals surface area contributed by atoms with Gasteiger partial charge >= 0.3 is 12.2 Å². The zero-order valence-electron chi connectivity index (χ0n) is 17.3. The minimum Gasteiger partial charge on any atom is -0.372 e. The van der Waals surface area contributed by atoms with E-state index in [1.54, 1.807) is 39.1 Å². The molecular formula is C22H24F3N4O2+. The lowest BCUT2D eigenvalue weighted by Gasteiger charge is -2.31. The molecule has 6 nitrogen and oxygen atoms in total. The monoisotopic (exact) mass is 433 g/mol. The Labute approximate surface area is 177 Å². The van der Waals surface area contributed by atoms with Gasteiger partial charge in [0.2, 0.25) is 5.60 Å². The molecule has 0 aliphatic carbocycles. The summed E-state index contributed by atoms with van der Waals surface area (Å²) in [5, 5.41) is 22.9. The van der Waals surface area contributed by atoms with E-state index in [9.17, 15) is 23.1 Å². The molecule has 3 rings (SSSR count). The Morgan fingerprint density at radius 2 is 1.90 bits per heavy atom. The Morgan fingerprint density at radius 3 is 2.52 bits per heavy atom. The van der Waals surface area contributed by atoms with Gasteiger partial charge in [0.15, 0.2) is 0 Å². The molecule has 164 valence electrons. The van der Waals surface area contributed by atoms with Gasteiger partial charge in [0, 0.05) is 48.0 Å². The minimum absolute atomic E-state index is 0.0827. The van der Waals surface area contributed by atoms with Crippen LogP contribution in [0.5, 0.6) is 0 Å². The van der Waals surface area contributed by atoms with Crippen molar-refractivity contribution in [2.75, 3.05) is 0 Å². The molecule has 9 heteroatoms. The summed E-state index contributed by atoms with van der Waals surface area (Å²) in [6.07, 6.45) is -2.91. The Balaban J connectivity index is 2.16. The average molecular weight is 433 g/mol. The first-order valence-corrected chi connectivity index (χ1v) is 9.63. The number of para-hydroxylation sites is 1. The van der Waals surface area contributed by atoms with Crippen molar-refractivity contribution in [1.29, 1.82) is 5.41 Å². The number of hydrogen-bond donors (Lipinski definition) is 4. The third kappa shape index (κ3) is 4.06. The van der Waals surface area contributed by atoms with Gasteiger partial charge < -0.3 is 20.4 Å². The maximum Gasteiger partial charge on any atom is 0.425 e. The third-order valence-corrected chi connectivity index (χ3v) is 5.07. The summed E-state index contributed by atoms with van der Waals surface area (Å²) in [7, 11) is 1.61. The SMILES string of the molecule is CC(C)NC(=O)[NH2+]c1ccc(C(O)(c2cn(C)c3ccccc23)C(F)(F)F)cc1C=N. The zero-order valence-corrected chi connectivity index (χ0v) is 17.3. The van der Waals surface area contributed by atoms with Crippen LogP contribution in [0.4, 0.5) is 23.7 Å². The molecule has 1 aromatic heterocycles. The third-order valence-electron chi connectivity index (χ3n) is 5.07. The highest BCUT2D eigenvalue weighted by molar-refractivity contribution is 5.87. The maximum absolute atomic E-state index is 14.3. The van der Waals surface area contributed by atoms with Crippen molar-refractivity contribution >= 4 is 28.8 Å². The highest BCUT2D eigenvalue weighted by atomic mass is 19.4. The second kappa shape index (κ2) is 8.16. The van der Waals surface area contributed by atoms with E-state index in [1.807, 2.05) is 0 Å². The van der Waals surface area contributed by atoms with Gasteiger partial charge in [-0.15, -0.1) is 0 Å². The van der Waals surface area contributed by atoms with Gasteiger partial charge in [-0.25, -0.2) is 10.1 Å². The average Bonchev–Trinajstić information content (AvgIpc) is 3.03. The van der Waals surface area contributed by atoms with Crippen LogP contribution in [0, 0.1) is 5.41 Å². The normalized spacial score (nSPS) is 13.9. The van der Waals surface area contributed by atoms with Crippen molar-refractivity contribution in [3.63, 3.8) is 0 Å². The number of carbonyl (C=O) groups excluding carboxylic acids is 1. The van der Waals surface area contributed by atoms with Crippen LogP contribution >= 0.6 is 0 Å². The van der Waals surface area contributed by atoms with Crippen LogP contribution in [0.2, 0.25) is 0 Å². The number of nitrogens with two attached hydrogens (primary N) is 1. The minimum atomic E-state index is -5.03. The van der Waals surface area contributed by atoms with Crippen LogP contribution in [0.15, 0.2) is 48.7 Å². The van der Waals surface area contributed by atoms with E-state index < -0.39 is 23.4 Å². The van der Waals surface area contributed by atoms with Gasteiger partial charge in [0.05, 0.1) is 5.56 Å². The topological polar surface area (TPSA) is 94.7 Å². The second-order valence-corrected chi connectivity index (χ2v) is 7.67. The Bertz CT molecular complexity index is 1140. The van der Waals surface area contributed by atoms with E-state index in [0.29, 0.717) is 5.52 Å². The molecule has 1 heterocycles. The number of rotatable bonds is 5. The fraction of sp³-hybridized carbons (Fsp3) is 0.273. The van der Waals surface area contributed by atoms with E-state index in [-0.39, 0.29) is 28.2 Å². The van der Waals surface area contributed by atoms with Crippen LogP contribution in [0.1, 0.15) is 30.5 Å². The summed E-state index contributed by atoms with van der Waals surface area (Å²) in [6, 6.07) is 9.50. The van der Waals surface area contributed by atoms with Gasteiger partial charge in [0.1, 0.15) is 5.69 Å². The van der Waals surface area contributed by atoms with E-state index in [0.717, 1.165) is 18.3 Å². The number of aliphatic hydroxyl groups is 1. The fourth-order valence-corrected chi connectivity index (χ4v) is 3.63. The van der Waals surface area contributed by atoms with Gasteiger partial charge in [-0.05, 0) is 37.6 Å². The van der Waals surface area contributed by atoms with E-state index in [2.05, 4.69) is 5.32 Å². The largest absolute Gasteiger partial charge is 0.425 e. The molecule has 2 aromatic carbocycles. The molecular weight excluding hydrogens is 409 g/mol. The predicted molar refractivity (Wildman–Crippen MR) is 112 cm³/mol. The lowest BCUT2D eigenvalue weighted by molar-refractivity contribution is -0.465. The number of hydrogen-bond acceptors (Lipinski definition) is 3. The smallest absolute Gasteiger partial charge is 0.372 e. The molecule has 0 fully saturated rings. The number of benzene rings is 2. The molecule has 1 unspecified atom stereocenters. The number of alkyl halides is 3. The number of amides is 2. The number of aromatic nitrogens is 1. The molecule has 0 aliphatic heterocycles. The van der Waals surface area contributed by atoms with Gasteiger partial charge in [-0.3, -0.25) is 0 Å². The predicted octanol–water partition coefficient (Wildman–Crippen LogP) is 3.29. The van der Waals surface area contributed by atoms with E-state index in [4.69, 9.17) is 5.41 Å². The van der Waals surface area contributed by atoms with Gasteiger partial charge in [-0.2, -0.15) is 13.2 Å². The lowest BCUT2D eigenvalue weighted by atomic mass is 9.84. The van der Waals surface area contributed by atoms with Crippen molar-refractivity contribution in [1.82, 2.24) is 9.88 Å². The number of halogens is 3. The molecule has 0 radical (unpaired) electrons. The molecule has 0 spiro atoms. The van der Waals surface area contributed by atoms with Crippen molar-refractivity contribution in [3.8, 4) is 0 Å². The highest BCUT2D eigenvalue weighted by Crippen LogP contribution is 2.47. The molecule has 2 amide bonds. The van der Waals surface area contributed by atoms with Crippen molar-refractivity contribution in [2.24, 2.45) is 7.05 Å². The Kier molecular flexibility index (Phi) is 5.93. The zero-order chi connectivity index (χ0) is 23.0. The molecule has 0 bridgehead atoms. The van der Waals surface area contributed by atoms with Crippen LogP contribution in [-0.2, 0) is 12.6 Å². The number of carbonyl (C=O) groups is 1. The Hall–Kier alpha value is -3.17. The molecule has 3 aromatic rings. The summed E-state index contributed by atoms with van der Waals surface area (Å²) >= 11 is 0. The molecule has 0 saturated carbocycles. The summed E-state index contributed by atoms with van der Waals surface area (Å²) in [4.78, 5) is 12.0. The molecule has 5 N–H and O–H groups in total. The summed E-state index contributed by atoms with van der Waals surface area (Å²) in [5.74, 6) is 0. The number of aryl methyl sites for hydroxylation is 1. The first-order valence-electron chi connectivity index (χ1n) is 9.63. The number of fused-ring (bicyclic) bond motifs is 1. The van der Waals surface area contributed by atoms with Gasteiger partial charge in [0.25, 0.3) is 0 Å². The number of nitrogens with one attached hydrogen (secondary N) is 2. The maximum atomic E-state index is 14.3. The summed E-state index contributed by atoms with van der Waals surface area (Å²) in [5.41, 5.74) is -3.13. The standard InChI is InChI=1S/C22H23F3N4O2/c1-13(2)27-20(30)28-18-9-8-15(10-14(18)11-26)21(31,22(23,24)25)17-12-29(3)19-7-5-4-6-16(17)19/h4-13,26,31H,1-3H3,(H2,27,28,30)/p+1. The quantitative estimate of drug-likeness (QED) is 0.367. The Morgan fingerprint density at radius 1 is 1.23 bits per heavy atom. The van der Waals surface area contributed by atoms with Crippen molar-refractivity contribution < 1.29 is 28.4 Å². The van der Waals surface area contributed by atoms with Crippen molar-refractivity contribution in [2.45, 2.75) is 31.7 Å². The highest BCUT2D eigenvalue weighted by Gasteiger charge is 2.57. The van der Waals surface area contributed by atoms with Crippen molar-refractivity contribution in [3.05, 3.63) is 65.4 Å². The van der Waals surface area contributed by atoms with E-state index >= 15 is 0 Å². The fourth-order valence-electron chi connectivity index (χ4n) is 3.63. The lowest BCUT2D eigenvalue weighted by Crippen LogP contribution is -2.86. The van der Waals surface area contributed by atoms with Crippen LogP contribution in [0.25, 0.3) is 10.9 Å². The van der Waals surface area contributed by atoms with E-state index in [1.165, 1.54) is 28.2 Å². The molecule has 31 heavy (non-hydrogen) atoms. The number of urea groups is 1. The summed E-state index contributed by atoms with van der Waals surface area (Å²) < 4.78 is 44.5. The van der Waals surface area contributed by atoms with Crippen LogP contribution in [0.3, 0.4) is 0 Å². The molecule has 0 aliphatic rings. The van der Waals surface area contributed by atoms with Crippen LogP contribution < -0.4 is 10.6 Å². The number of primary amides is 1. The molecule has 1 atom stereocenters. The van der Waals surface area contributed by atoms with Crippen LogP contribution in [-0.4, -0.2) is 34.1 Å². The number of quaternary nitrogens is 1.